The zero-order valence-corrected chi connectivity index (χ0v) is 20.8. The molecule has 7 nitrogen and oxygen atoms in total. The first kappa shape index (κ1) is 23.2. The molecule has 0 aliphatic carbocycles. The maximum absolute atomic E-state index is 5.56. The van der Waals surface area contributed by atoms with Gasteiger partial charge in [0.2, 0.25) is 5.75 Å². The Hall–Kier alpha value is -3.55. The molecule has 5 rings (SSSR count). The number of H-pyrrole nitrogens is 1. The summed E-state index contributed by atoms with van der Waals surface area (Å²) in [6, 6.07) is 15.0. The van der Waals surface area contributed by atoms with Crippen LogP contribution in [0.1, 0.15) is 5.56 Å². The maximum Gasteiger partial charge on any atom is 0.203 e. The minimum absolute atomic E-state index is 0.578. The third-order valence-corrected chi connectivity index (χ3v) is 6.80. The number of ether oxygens (including phenoxy) is 3. The summed E-state index contributed by atoms with van der Waals surface area (Å²) in [6.45, 7) is 5.50. The number of nitrogens with zero attached hydrogens (tertiary/aromatic N) is 3. The monoisotopic (exact) mass is 472 g/mol. The quantitative estimate of drug-likeness (QED) is 0.422. The number of pyridine rings is 1. The van der Waals surface area contributed by atoms with Gasteiger partial charge in [0.1, 0.15) is 5.65 Å². The summed E-state index contributed by atoms with van der Waals surface area (Å²) in [6.07, 6.45) is 3.90. The lowest BCUT2D eigenvalue weighted by Gasteiger charge is -2.32. The summed E-state index contributed by atoms with van der Waals surface area (Å²) in [7, 11) is 7.06. The highest BCUT2D eigenvalue weighted by Gasteiger charge is 2.17. The van der Waals surface area contributed by atoms with E-state index in [-0.39, 0.29) is 0 Å². The molecule has 0 bridgehead atoms. The summed E-state index contributed by atoms with van der Waals surface area (Å²) < 4.78 is 16.6. The van der Waals surface area contributed by atoms with Crippen LogP contribution in [-0.4, -0.2) is 74.3 Å². The summed E-state index contributed by atoms with van der Waals surface area (Å²) in [4.78, 5) is 12.9. The molecular weight excluding hydrogens is 440 g/mol. The second-order valence-electron chi connectivity index (χ2n) is 9.01. The highest BCUT2D eigenvalue weighted by molar-refractivity contribution is 5.96. The molecule has 182 valence electrons. The molecule has 0 atom stereocenters. The van der Waals surface area contributed by atoms with Crippen molar-refractivity contribution in [3.05, 3.63) is 60.4 Å². The number of hydrogen-bond donors (Lipinski definition) is 1. The van der Waals surface area contributed by atoms with Crippen LogP contribution in [0.2, 0.25) is 0 Å². The van der Waals surface area contributed by atoms with Crippen molar-refractivity contribution in [2.45, 2.75) is 6.54 Å². The molecule has 2 aromatic heterocycles. The Bertz CT molecular complexity index is 1280. The van der Waals surface area contributed by atoms with E-state index in [0.29, 0.717) is 17.2 Å². The highest BCUT2D eigenvalue weighted by atomic mass is 16.5. The molecule has 1 fully saturated rings. The number of aromatic amines is 1. The van der Waals surface area contributed by atoms with Gasteiger partial charge in [0.25, 0.3) is 0 Å². The van der Waals surface area contributed by atoms with Gasteiger partial charge in [-0.1, -0.05) is 24.3 Å². The molecule has 0 saturated carbocycles. The molecule has 7 heteroatoms. The van der Waals surface area contributed by atoms with Crippen molar-refractivity contribution in [1.29, 1.82) is 0 Å². The standard InChI is InChI=1S/C28H32N4O3/c1-31-9-11-32(12-10-31)18-19-5-7-20(8-6-19)22-13-23-24(17-30-28(23)29-16-22)21-14-25(33-2)27(35-4)26(15-21)34-3/h5-8,13-17H,9-12,18H2,1-4H3,(H,29,30). The lowest BCUT2D eigenvalue weighted by Crippen LogP contribution is -2.43. The van der Waals surface area contributed by atoms with Gasteiger partial charge in [-0.2, -0.15) is 0 Å². The molecule has 0 amide bonds. The first-order valence-electron chi connectivity index (χ1n) is 11.9. The topological polar surface area (TPSA) is 62.9 Å². The van der Waals surface area contributed by atoms with Crippen LogP contribution < -0.4 is 14.2 Å². The van der Waals surface area contributed by atoms with Crippen LogP contribution >= 0.6 is 0 Å². The zero-order valence-electron chi connectivity index (χ0n) is 20.8. The van der Waals surface area contributed by atoms with Crippen LogP contribution in [0.15, 0.2) is 54.9 Å². The van der Waals surface area contributed by atoms with Gasteiger partial charge in [-0.25, -0.2) is 4.98 Å². The smallest absolute Gasteiger partial charge is 0.203 e. The van der Waals surface area contributed by atoms with E-state index in [9.17, 15) is 0 Å². The first-order valence-corrected chi connectivity index (χ1v) is 11.9. The molecule has 2 aromatic carbocycles. The predicted octanol–water partition coefficient (Wildman–Crippen LogP) is 4.67. The van der Waals surface area contributed by atoms with Crippen molar-refractivity contribution in [3.8, 4) is 39.5 Å². The Morgan fingerprint density at radius 1 is 0.829 bits per heavy atom. The number of aromatic nitrogens is 2. The van der Waals surface area contributed by atoms with Gasteiger partial charge in [-0.3, -0.25) is 4.90 Å². The first-order chi connectivity index (χ1) is 17.1. The number of methoxy groups -OCH3 is 3. The summed E-state index contributed by atoms with van der Waals surface area (Å²) in [5, 5.41) is 1.04. The molecule has 0 radical (unpaired) electrons. The van der Waals surface area contributed by atoms with E-state index in [1.807, 2.05) is 24.5 Å². The van der Waals surface area contributed by atoms with Crippen LogP contribution in [0, 0.1) is 0 Å². The Labute approximate surface area is 206 Å². The van der Waals surface area contributed by atoms with E-state index in [2.05, 4.69) is 52.2 Å². The average molecular weight is 473 g/mol. The fraction of sp³-hybridized carbons (Fsp3) is 0.321. The number of nitrogens with one attached hydrogen (secondary N) is 1. The minimum atomic E-state index is 0.578. The molecule has 1 aliphatic rings. The van der Waals surface area contributed by atoms with Gasteiger partial charge < -0.3 is 24.1 Å². The van der Waals surface area contributed by atoms with Crippen molar-refractivity contribution in [3.63, 3.8) is 0 Å². The van der Waals surface area contributed by atoms with Crippen LogP contribution in [0.3, 0.4) is 0 Å². The Balaban J connectivity index is 1.44. The molecule has 35 heavy (non-hydrogen) atoms. The lowest BCUT2D eigenvalue weighted by molar-refractivity contribution is 0.148. The maximum atomic E-state index is 5.56. The van der Waals surface area contributed by atoms with Crippen LogP contribution in [0.5, 0.6) is 17.2 Å². The van der Waals surface area contributed by atoms with E-state index in [1.165, 1.54) is 5.56 Å². The molecule has 1 saturated heterocycles. The van der Waals surface area contributed by atoms with Gasteiger partial charge >= 0.3 is 0 Å². The molecule has 0 spiro atoms. The number of hydrogen-bond acceptors (Lipinski definition) is 6. The molecule has 0 unspecified atom stereocenters. The number of rotatable bonds is 7. The number of fused-ring (bicyclic) bond motifs is 1. The fourth-order valence-corrected chi connectivity index (χ4v) is 4.70. The Kier molecular flexibility index (Phi) is 6.61. The van der Waals surface area contributed by atoms with Gasteiger partial charge in [0, 0.05) is 61.6 Å². The summed E-state index contributed by atoms with van der Waals surface area (Å²) in [5.41, 5.74) is 6.40. The third-order valence-electron chi connectivity index (χ3n) is 6.80. The molecule has 1 aliphatic heterocycles. The van der Waals surface area contributed by atoms with E-state index < -0.39 is 0 Å². The van der Waals surface area contributed by atoms with E-state index in [1.54, 1.807) is 21.3 Å². The number of piperazine rings is 1. The summed E-state index contributed by atoms with van der Waals surface area (Å²) in [5.74, 6) is 1.82. The van der Waals surface area contributed by atoms with Crippen LogP contribution in [0.4, 0.5) is 0 Å². The van der Waals surface area contributed by atoms with Crippen molar-refractivity contribution >= 4 is 11.0 Å². The predicted molar refractivity (Wildman–Crippen MR) is 139 cm³/mol. The molecular formula is C28H32N4O3. The third kappa shape index (κ3) is 4.70. The summed E-state index contributed by atoms with van der Waals surface area (Å²) >= 11 is 0. The van der Waals surface area contributed by atoms with Crippen molar-refractivity contribution in [2.24, 2.45) is 0 Å². The molecule has 4 aromatic rings. The normalized spacial score (nSPS) is 14.9. The Morgan fingerprint density at radius 2 is 1.51 bits per heavy atom. The van der Waals surface area contributed by atoms with Crippen molar-refractivity contribution in [2.75, 3.05) is 54.6 Å². The van der Waals surface area contributed by atoms with Gasteiger partial charge in [-0.15, -0.1) is 0 Å². The van der Waals surface area contributed by atoms with Crippen LogP contribution in [-0.2, 0) is 6.54 Å². The zero-order chi connectivity index (χ0) is 24.4. The van der Waals surface area contributed by atoms with E-state index in [4.69, 9.17) is 19.2 Å². The fourth-order valence-electron chi connectivity index (χ4n) is 4.70. The molecule has 3 heterocycles. The number of benzene rings is 2. The van der Waals surface area contributed by atoms with Crippen LogP contribution in [0.25, 0.3) is 33.3 Å². The highest BCUT2D eigenvalue weighted by Crippen LogP contribution is 2.42. The van der Waals surface area contributed by atoms with Gasteiger partial charge in [0.15, 0.2) is 11.5 Å². The SMILES string of the molecule is COc1cc(-c2c[nH]c3ncc(-c4ccc(CN5CCN(C)CC5)cc4)cc23)cc(OC)c1OC. The second kappa shape index (κ2) is 9.98. The molecule has 1 N–H and O–H groups in total. The van der Waals surface area contributed by atoms with E-state index >= 15 is 0 Å². The second-order valence-corrected chi connectivity index (χ2v) is 9.01. The van der Waals surface area contributed by atoms with E-state index in [0.717, 1.165) is 66.0 Å². The van der Waals surface area contributed by atoms with Crippen molar-refractivity contribution in [1.82, 2.24) is 19.8 Å². The largest absolute Gasteiger partial charge is 0.493 e. The average Bonchev–Trinajstić information content (AvgIpc) is 3.33. The van der Waals surface area contributed by atoms with Gasteiger partial charge in [-0.05, 0) is 41.9 Å². The van der Waals surface area contributed by atoms with Gasteiger partial charge in [0.05, 0.1) is 21.3 Å². The number of likely N-dealkylation sites (N-methyl/N-ethyl adjacent to an activating group) is 1. The van der Waals surface area contributed by atoms with Crippen molar-refractivity contribution < 1.29 is 14.2 Å². The Morgan fingerprint density at radius 3 is 2.14 bits per heavy atom. The lowest BCUT2D eigenvalue weighted by atomic mass is 10.0. The minimum Gasteiger partial charge on any atom is -0.493 e.